The third-order valence-electron chi connectivity index (χ3n) is 3.88. The van der Waals surface area contributed by atoms with Gasteiger partial charge in [-0.05, 0) is 70.0 Å². The minimum absolute atomic E-state index is 0.138. The maximum Gasteiger partial charge on any atom is 0.123 e. The molecule has 106 valence electrons. The van der Waals surface area contributed by atoms with Crippen molar-refractivity contribution < 1.29 is 4.39 Å². The van der Waals surface area contributed by atoms with E-state index in [2.05, 4.69) is 24.1 Å². The van der Waals surface area contributed by atoms with Gasteiger partial charge in [0.2, 0.25) is 0 Å². The van der Waals surface area contributed by atoms with Gasteiger partial charge in [-0.3, -0.25) is 0 Å². The van der Waals surface area contributed by atoms with Crippen LogP contribution in [0.5, 0.6) is 0 Å². The number of rotatable bonds is 3. The molecular formula is C16H25FN2. The molecule has 0 saturated carbocycles. The molecule has 19 heavy (non-hydrogen) atoms. The summed E-state index contributed by atoms with van der Waals surface area (Å²) in [4.78, 5) is 2.52. The predicted molar refractivity (Wildman–Crippen MR) is 78.0 cm³/mol. The van der Waals surface area contributed by atoms with Crippen LogP contribution in [0.3, 0.4) is 0 Å². The lowest BCUT2D eigenvalue weighted by Gasteiger charge is -2.30. The Kier molecular flexibility index (Phi) is 4.58. The normalized spacial score (nSPS) is 20.2. The van der Waals surface area contributed by atoms with E-state index in [0.717, 1.165) is 38.2 Å². The van der Waals surface area contributed by atoms with Crippen molar-refractivity contribution >= 4 is 0 Å². The van der Waals surface area contributed by atoms with Gasteiger partial charge in [0.1, 0.15) is 5.82 Å². The van der Waals surface area contributed by atoms with Gasteiger partial charge in [-0.15, -0.1) is 0 Å². The first-order chi connectivity index (χ1) is 8.96. The van der Waals surface area contributed by atoms with E-state index in [-0.39, 0.29) is 11.4 Å². The second-order valence-corrected chi connectivity index (χ2v) is 6.26. The van der Waals surface area contributed by atoms with Crippen molar-refractivity contribution in [2.45, 2.75) is 39.2 Å². The Morgan fingerprint density at radius 1 is 1.37 bits per heavy atom. The van der Waals surface area contributed by atoms with Crippen LogP contribution in [0.4, 0.5) is 4.39 Å². The van der Waals surface area contributed by atoms with Gasteiger partial charge < -0.3 is 10.2 Å². The average Bonchev–Trinajstić information content (AvgIpc) is 2.49. The summed E-state index contributed by atoms with van der Waals surface area (Å²) in [7, 11) is 0. The van der Waals surface area contributed by atoms with Crippen LogP contribution in [-0.2, 0) is 6.42 Å². The molecule has 1 saturated heterocycles. The third kappa shape index (κ3) is 4.29. The van der Waals surface area contributed by atoms with Gasteiger partial charge in [0.15, 0.2) is 0 Å². The Balaban J connectivity index is 1.94. The fourth-order valence-corrected chi connectivity index (χ4v) is 2.83. The number of aryl methyl sites for hydroxylation is 1. The first kappa shape index (κ1) is 14.5. The molecule has 1 aliphatic rings. The van der Waals surface area contributed by atoms with E-state index in [9.17, 15) is 4.39 Å². The summed E-state index contributed by atoms with van der Waals surface area (Å²) in [6.45, 7) is 10.9. The van der Waals surface area contributed by atoms with Crippen LogP contribution < -0.4 is 5.32 Å². The van der Waals surface area contributed by atoms with Crippen LogP contribution >= 0.6 is 0 Å². The standard InChI is InChI=1S/C16H25FN2/c1-13-11-15(17)6-5-14(13)7-10-19-9-4-8-18-16(2,3)12-19/h5-6,11,18H,4,7-10,12H2,1-3H3. The molecule has 0 radical (unpaired) electrons. The summed E-state index contributed by atoms with van der Waals surface area (Å²) in [5.41, 5.74) is 2.51. The second kappa shape index (κ2) is 6.02. The predicted octanol–water partition coefficient (Wildman–Crippen LogP) is 2.75. The number of hydrogen-bond acceptors (Lipinski definition) is 2. The summed E-state index contributed by atoms with van der Waals surface area (Å²) >= 11 is 0. The topological polar surface area (TPSA) is 15.3 Å². The van der Waals surface area contributed by atoms with Gasteiger partial charge in [0.25, 0.3) is 0 Å². The Bertz CT molecular complexity index is 429. The third-order valence-corrected chi connectivity index (χ3v) is 3.88. The molecule has 1 N–H and O–H groups in total. The molecule has 2 nitrogen and oxygen atoms in total. The quantitative estimate of drug-likeness (QED) is 0.903. The lowest BCUT2D eigenvalue weighted by molar-refractivity contribution is 0.233. The molecule has 3 heteroatoms. The Morgan fingerprint density at radius 2 is 2.16 bits per heavy atom. The SMILES string of the molecule is Cc1cc(F)ccc1CCN1CCCNC(C)(C)C1. The number of hydrogen-bond donors (Lipinski definition) is 1. The van der Waals surface area contributed by atoms with Crippen LogP contribution in [0.25, 0.3) is 0 Å². The summed E-state index contributed by atoms with van der Waals surface area (Å²) < 4.78 is 13.1. The largest absolute Gasteiger partial charge is 0.310 e. The lowest BCUT2D eigenvalue weighted by Crippen LogP contribution is -2.46. The molecular weight excluding hydrogens is 239 g/mol. The average molecular weight is 264 g/mol. The van der Waals surface area contributed by atoms with Gasteiger partial charge in [-0.25, -0.2) is 4.39 Å². The zero-order valence-electron chi connectivity index (χ0n) is 12.3. The maximum atomic E-state index is 13.1. The van der Waals surface area contributed by atoms with Crippen molar-refractivity contribution in [3.05, 3.63) is 35.1 Å². The van der Waals surface area contributed by atoms with E-state index in [1.54, 1.807) is 12.1 Å². The molecule has 1 aromatic rings. The number of nitrogens with one attached hydrogen (secondary N) is 1. The fourth-order valence-electron chi connectivity index (χ4n) is 2.83. The smallest absolute Gasteiger partial charge is 0.123 e. The van der Waals surface area contributed by atoms with E-state index >= 15 is 0 Å². The van der Waals surface area contributed by atoms with Crippen LogP contribution in [-0.4, -0.2) is 36.6 Å². The van der Waals surface area contributed by atoms with Crippen LogP contribution in [0, 0.1) is 12.7 Å². The second-order valence-electron chi connectivity index (χ2n) is 6.26. The highest BCUT2D eigenvalue weighted by Gasteiger charge is 2.23. The van der Waals surface area contributed by atoms with E-state index in [0.29, 0.717) is 0 Å². The Labute approximate surface area is 116 Å². The first-order valence-corrected chi connectivity index (χ1v) is 7.19. The molecule has 2 rings (SSSR count). The number of benzene rings is 1. The van der Waals surface area contributed by atoms with Crippen molar-refractivity contribution in [1.29, 1.82) is 0 Å². The Hall–Kier alpha value is -0.930. The van der Waals surface area contributed by atoms with Gasteiger partial charge in [0.05, 0.1) is 0 Å². The molecule has 0 unspecified atom stereocenters. The van der Waals surface area contributed by atoms with Crippen molar-refractivity contribution in [2.75, 3.05) is 26.2 Å². The molecule has 0 atom stereocenters. The van der Waals surface area contributed by atoms with E-state index < -0.39 is 0 Å². The zero-order valence-corrected chi connectivity index (χ0v) is 12.3. The van der Waals surface area contributed by atoms with Crippen LogP contribution in [0.1, 0.15) is 31.4 Å². The van der Waals surface area contributed by atoms with Gasteiger partial charge in [0, 0.05) is 18.6 Å². The number of nitrogens with zero attached hydrogens (tertiary/aromatic N) is 1. The molecule has 1 heterocycles. The summed E-state index contributed by atoms with van der Waals surface area (Å²) in [6.07, 6.45) is 2.20. The maximum absolute atomic E-state index is 13.1. The first-order valence-electron chi connectivity index (χ1n) is 7.19. The molecule has 0 bridgehead atoms. The highest BCUT2D eigenvalue weighted by molar-refractivity contribution is 5.26. The molecule has 0 spiro atoms. The van der Waals surface area contributed by atoms with E-state index in [1.165, 1.54) is 12.0 Å². The molecule has 0 aromatic heterocycles. The Morgan fingerprint density at radius 3 is 2.89 bits per heavy atom. The summed E-state index contributed by atoms with van der Waals surface area (Å²) in [6, 6.07) is 5.12. The molecule has 0 aliphatic carbocycles. The van der Waals surface area contributed by atoms with Crippen molar-refractivity contribution in [3.8, 4) is 0 Å². The highest BCUT2D eigenvalue weighted by atomic mass is 19.1. The van der Waals surface area contributed by atoms with E-state index in [4.69, 9.17) is 0 Å². The minimum atomic E-state index is -0.138. The lowest BCUT2D eigenvalue weighted by atomic mass is 10.0. The monoisotopic (exact) mass is 264 g/mol. The number of halogens is 1. The van der Waals surface area contributed by atoms with Gasteiger partial charge >= 0.3 is 0 Å². The minimum Gasteiger partial charge on any atom is -0.310 e. The fraction of sp³-hybridized carbons (Fsp3) is 0.625. The van der Waals surface area contributed by atoms with Crippen molar-refractivity contribution in [2.24, 2.45) is 0 Å². The van der Waals surface area contributed by atoms with Crippen LogP contribution in [0.15, 0.2) is 18.2 Å². The molecule has 1 fully saturated rings. The molecule has 1 aliphatic heterocycles. The molecule has 0 amide bonds. The molecule has 1 aromatic carbocycles. The van der Waals surface area contributed by atoms with Crippen molar-refractivity contribution in [3.63, 3.8) is 0 Å². The zero-order chi connectivity index (χ0) is 13.9. The van der Waals surface area contributed by atoms with Gasteiger partial charge in [-0.1, -0.05) is 6.07 Å². The summed E-state index contributed by atoms with van der Waals surface area (Å²) in [5.74, 6) is -0.138. The van der Waals surface area contributed by atoms with E-state index in [1.807, 2.05) is 13.0 Å². The highest BCUT2D eigenvalue weighted by Crippen LogP contribution is 2.14. The summed E-state index contributed by atoms with van der Waals surface area (Å²) in [5, 5.41) is 3.58. The van der Waals surface area contributed by atoms with Crippen molar-refractivity contribution in [1.82, 2.24) is 10.2 Å². The van der Waals surface area contributed by atoms with Crippen LogP contribution in [0.2, 0.25) is 0 Å². The van der Waals surface area contributed by atoms with Gasteiger partial charge in [-0.2, -0.15) is 0 Å².